The first kappa shape index (κ1) is 15.9. The first-order chi connectivity index (χ1) is 8.84. The molecule has 108 valence electrons. The lowest BCUT2D eigenvalue weighted by atomic mass is 9.96. The van der Waals surface area contributed by atoms with E-state index in [1.165, 1.54) is 19.3 Å². The molecule has 0 radical (unpaired) electrons. The second-order valence-electron chi connectivity index (χ2n) is 4.93. The van der Waals surface area contributed by atoms with Crippen LogP contribution in [0, 0.1) is 0 Å². The van der Waals surface area contributed by atoms with Gasteiger partial charge in [0.25, 0.3) is 0 Å². The van der Waals surface area contributed by atoms with Gasteiger partial charge in [-0.1, -0.05) is 25.7 Å². The van der Waals surface area contributed by atoms with E-state index >= 15 is 0 Å². The van der Waals surface area contributed by atoms with E-state index < -0.39 is 0 Å². The van der Waals surface area contributed by atoms with Crippen molar-refractivity contribution in [2.75, 3.05) is 33.5 Å². The van der Waals surface area contributed by atoms with Gasteiger partial charge >= 0.3 is 0 Å². The first-order valence-corrected chi connectivity index (χ1v) is 7.21. The van der Waals surface area contributed by atoms with Gasteiger partial charge in [0.15, 0.2) is 0 Å². The molecule has 18 heavy (non-hydrogen) atoms. The summed E-state index contributed by atoms with van der Waals surface area (Å²) in [4.78, 5) is 0. The monoisotopic (exact) mass is 260 g/mol. The number of methoxy groups -OCH3 is 1. The third-order valence-electron chi connectivity index (χ3n) is 3.36. The van der Waals surface area contributed by atoms with Gasteiger partial charge in [-0.05, 0) is 19.3 Å². The Morgan fingerprint density at radius 3 is 2.50 bits per heavy atom. The molecule has 4 nitrogen and oxygen atoms in total. The van der Waals surface area contributed by atoms with Gasteiger partial charge in [0.2, 0.25) is 0 Å². The zero-order chi connectivity index (χ0) is 13.1. The summed E-state index contributed by atoms with van der Waals surface area (Å²) in [5.41, 5.74) is 0. The summed E-state index contributed by atoms with van der Waals surface area (Å²) < 4.78 is 16.0. The minimum absolute atomic E-state index is 0.0317. The zero-order valence-electron chi connectivity index (χ0n) is 11.6. The van der Waals surface area contributed by atoms with Crippen molar-refractivity contribution >= 4 is 0 Å². The molecule has 0 spiro atoms. The maximum atomic E-state index is 9.97. The molecule has 4 heteroatoms. The van der Waals surface area contributed by atoms with E-state index in [4.69, 9.17) is 14.2 Å². The largest absolute Gasteiger partial charge is 0.390 e. The average Bonchev–Trinajstić information content (AvgIpc) is 2.36. The highest BCUT2D eigenvalue weighted by Gasteiger charge is 2.20. The lowest BCUT2D eigenvalue weighted by Gasteiger charge is -2.25. The number of rotatable bonds is 8. The van der Waals surface area contributed by atoms with Crippen molar-refractivity contribution in [1.29, 1.82) is 0 Å². The Bertz CT molecular complexity index is 187. The first-order valence-electron chi connectivity index (χ1n) is 7.21. The minimum atomic E-state index is -0.278. The van der Waals surface area contributed by atoms with Gasteiger partial charge in [-0.15, -0.1) is 0 Å². The van der Waals surface area contributed by atoms with Gasteiger partial charge in [0, 0.05) is 20.3 Å². The molecule has 0 aromatic heterocycles. The van der Waals surface area contributed by atoms with Crippen LogP contribution in [0.5, 0.6) is 0 Å². The van der Waals surface area contributed by atoms with Gasteiger partial charge in [0.05, 0.1) is 25.4 Å². The van der Waals surface area contributed by atoms with Crippen molar-refractivity contribution in [3.05, 3.63) is 0 Å². The Hall–Kier alpha value is -0.160. The Balaban J connectivity index is 2.01. The molecule has 1 saturated carbocycles. The molecule has 0 amide bonds. The summed E-state index contributed by atoms with van der Waals surface area (Å²) in [6.07, 6.45) is 7.33. The van der Waals surface area contributed by atoms with Crippen LogP contribution in [-0.4, -0.2) is 50.9 Å². The van der Waals surface area contributed by atoms with Crippen LogP contribution >= 0.6 is 0 Å². The normalized spacial score (nSPS) is 25.7. The molecular formula is C14H28O4. The van der Waals surface area contributed by atoms with Gasteiger partial charge in [0.1, 0.15) is 0 Å². The molecular weight excluding hydrogens is 232 g/mol. The van der Waals surface area contributed by atoms with Crippen LogP contribution in [0.2, 0.25) is 0 Å². The SMILES string of the molecule is COCCOCCCOC1CCCCCCC1O. The van der Waals surface area contributed by atoms with Crippen molar-refractivity contribution in [2.24, 2.45) is 0 Å². The molecule has 1 rings (SSSR count). The van der Waals surface area contributed by atoms with Gasteiger partial charge in [-0.25, -0.2) is 0 Å². The molecule has 2 unspecified atom stereocenters. The molecule has 0 aromatic carbocycles. The lowest BCUT2D eigenvalue weighted by molar-refractivity contribution is -0.0550. The van der Waals surface area contributed by atoms with E-state index in [1.54, 1.807) is 7.11 Å². The topological polar surface area (TPSA) is 47.9 Å². The van der Waals surface area contributed by atoms with Crippen LogP contribution in [0.25, 0.3) is 0 Å². The number of hydrogen-bond donors (Lipinski definition) is 1. The van der Waals surface area contributed by atoms with Crippen LogP contribution in [-0.2, 0) is 14.2 Å². The molecule has 0 heterocycles. The molecule has 0 saturated heterocycles. The fraction of sp³-hybridized carbons (Fsp3) is 1.00. The van der Waals surface area contributed by atoms with Crippen LogP contribution in [0.3, 0.4) is 0 Å². The van der Waals surface area contributed by atoms with Crippen molar-refractivity contribution in [1.82, 2.24) is 0 Å². The van der Waals surface area contributed by atoms with Crippen molar-refractivity contribution in [3.63, 3.8) is 0 Å². The minimum Gasteiger partial charge on any atom is -0.390 e. The Morgan fingerprint density at radius 2 is 1.72 bits per heavy atom. The molecule has 0 aliphatic heterocycles. The van der Waals surface area contributed by atoms with Crippen LogP contribution < -0.4 is 0 Å². The molecule has 0 bridgehead atoms. The number of hydrogen-bond acceptors (Lipinski definition) is 4. The molecule has 1 aliphatic carbocycles. The van der Waals surface area contributed by atoms with E-state index in [-0.39, 0.29) is 12.2 Å². The predicted octanol–water partition coefficient (Wildman–Crippen LogP) is 2.14. The van der Waals surface area contributed by atoms with E-state index in [0.717, 1.165) is 25.7 Å². The van der Waals surface area contributed by atoms with Gasteiger partial charge in [-0.3, -0.25) is 0 Å². The van der Waals surface area contributed by atoms with Crippen LogP contribution in [0.4, 0.5) is 0 Å². The Kier molecular flexibility index (Phi) is 9.48. The third-order valence-corrected chi connectivity index (χ3v) is 3.36. The number of ether oxygens (including phenoxy) is 3. The Morgan fingerprint density at radius 1 is 0.944 bits per heavy atom. The van der Waals surface area contributed by atoms with Crippen molar-refractivity contribution < 1.29 is 19.3 Å². The maximum absolute atomic E-state index is 9.97. The van der Waals surface area contributed by atoms with E-state index in [1.807, 2.05) is 0 Å². The standard InChI is InChI=1S/C14H28O4/c1-16-11-12-17-9-6-10-18-14-8-5-3-2-4-7-13(14)15/h13-15H,2-12H2,1H3. The van der Waals surface area contributed by atoms with E-state index in [9.17, 15) is 5.11 Å². The highest BCUT2D eigenvalue weighted by molar-refractivity contribution is 4.72. The average molecular weight is 260 g/mol. The highest BCUT2D eigenvalue weighted by atomic mass is 16.5. The summed E-state index contributed by atoms with van der Waals surface area (Å²) in [7, 11) is 1.67. The fourth-order valence-corrected chi connectivity index (χ4v) is 2.27. The third kappa shape index (κ3) is 7.31. The van der Waals surface area contributed by atoms with Crippen molar-refractivity contribution in [2.45, 2.75) is 57.2 Å². The lowest BCUT2D eigenvalue weighted by Crippen LogP contribution is -2.30. The Labute approximate surface area is 111 Å². The van der Waals surface area contributed by atoms with E-state index in [2.05, 4.69) is 0 Å². The van der Waals surface area contributed by atoms with Gasteiger partial charge in [-0.2, -0.15) is 0 Å². The summed E-state index contributed by atoms with van der Waals surface area (Å²) in [6.45, 7) is 2.66. The summed E-state index contributed by atoms with van der Waals surface area (Å²) >= 11 is 0. The van der Waals surface area contributed by atoms with Crippen LogP contribution in [0.1, 0.15) is 44.9 Å². The molecule has 1 aliphatic rings. The summed E-state index contributed by atoms with van der Waals surface area (Å²) in [6, 6.07) is 0. The van der Waals surface area contributed by atoms with E-state index in [0.29, 0.717) is 26.4 Å². The second kappa shape index (κ2) is 10.7. The number of aliphatic hydroxyl groups excluding tert-OH is 1. The smallest absolute Gasteiger partial charge is 0.0833 e. The summed E-state index contributed by atoms with van der Waals surface area (Å²) in [5.74, 6) is 0. The summed E-state index contributed by atoms with van der Waals surface area (Å²) in [5, 5.41) is 9.97. The predicted molar refractivity (Wildman–Crippen MR) is 70.8 cm³/mol. The molecule has 1 fully saturated rings. The van der Waals surface area contributed by atoms with Crippen molar-refractivity contribution in [3.8, 4) is 0 Å². The molecule has 1 N–H and O–H groups in total. The maximum Gasteiger partial charge on any atom is 0.0833 e. The quantitative estimate of drug-likeness (QED) is 0.679. The second-order valence-corrected chi connectivity index (χ2v) is 4.93. The zero-order valence-corrected chi connectivity index (χ0v) is 11.6. The number of aliphatic hydroxyl groups is 1. The molecule has 0 aromatic rings. The van der Waals surface area contributed by atoms with Gasteiger partial charge < -0.3 is 19.3 Å². The fourth-order valence-electron chi connectivity index (χ4n) is 2.27. The molecule has 2 atom stereocenters. The highest BCUT2D eigenvalue weighted by Crippen LogP contribution is 2.20. The van der Waals surface area contributed by atoms with Crippen LogP contribution in [0.15, 0.2) is 0 Å².